The number of hydrogen-bond donors (Lipinski definition) is 2. The second-order valence-corrected chi connectivity index (χ2v) is 4.89. The molecule has 20 heavy (non-hydrogen) atoms. The maximum Gasteiger partial charge on any atom is 0.124 e. The van der Waals surface area contributed by atoms with Gasteiger partial charge in [-0.1, -0.05) is 0 Å². The van der Waals surface area contributed by atoms with Crippen molar-refractivity contribution in [2.24, 2.45) is 12.8 Å². The summed E-state index contributed by atoms with van der Waals surface area (Å²) in [7, 11) is 3.87. The van der Waals surface area contributed by atoms with Crippen LogP contribution >= 0.6 is 0 Å². The number of halogens is 1. The van der Waals surface area contributed by atoms with E-state index < -0.39 is 0 Å². The molecule has 0 bridgehead atoms. The number of aromatic nitrogens is 2. The van der Waals surface area contributed by atoms with Crippen LogP contribution in [0.5, 0.6) is 0 Å². The zero-order valence-electron chi connectivity index (χ0n) is 11.6. The van der Waals surface area contributed by atoms with Crippen LogP contribution in [0.1, 0.15) is 17.0 Å². The van der Waals surface area contributed by atoms with E-state index in [1.165, 1.54) is 12.1 Å². The molecular weight excluding hydrogens is 257 g/mol. The molecule has 3 N–H and O–H groups in total. The molecule has 0 saturated heterocycles. The fourth-order valence-electron chi connectivity index (χ4n) is 2.06. The first kappa shape index (κ1) is 14.2. The third-order valence-corrected chi connectivity index (χ3v) is 3.05. The number of benzene rings is 1. The molecule has 0 aliphatic carbocycles. The van der Waals surface area contributed by atoms with Gasteiger partial charge < -0.3 is 10.3 Å². The number of nitrogens with two attached hydrogens (primary N) is 1. The molecule has 106 valence electrons. The van der Waals surface area contributed by atoms with Crippen molar-refractivity contribution < 1.29 is 4.39 Å². The third-order valence-electron chi connectivity index (χ3n) is 3.05. The molecule has 6 heteroatoms. The lowest BCUT2D eigenvalue weighted by Crippen LogP contribution is -2.20. The zero-order valence-corrected chi connectivity index (χ0v) is 11.6. The van der Waals surface area contributed by atoms with Crippen LogP contribution in [0, 0.1) is 11.2 Å². The van der Waals surface area contributed by atoms with E-state index in [0.29, 0.717) is 18.7 Å². The summed E-state index contributed by atoms with van der Waals surface area (Å²) >= 11 is 0. The molecule has 0 unspecified atom stereocenters. The summed E-state index contributed by atoms with van der Waals surface area (Å²) in [6.45, 7) is 1.22. The fraction of sp³-hybridized carbons (Fsp3) is 0.286. The molecule has 1 aromatic heterocycles. The summed E-state index contributed by atoms with van der Waals surface area (Å²) in [4.78, 5) is 6.28. The molecule has 0 amide bonds. The summed E-state index contributed by atoms with van der Waals surface area (Å²) in [6.07, 6.45) is 3.64. The smallest absolute Gasteiger partial charge is 0.124 e. The van der Waals surface area contributed by atoms with Crippen LogP contribution in [0.2, 0.25) is 0 Å². The maximum absolute atomic E-state index is 13.5. The van der Waals surface area contributed by atoms with Gasteiger partial charge in [0.15, 0.2) is 0 Å². The van der Waals surface area contributed by atoms with Crippen LogP contribution in [0.15, 0.2) is 30.6 Å². The molecule has 2 rings (SSSR count). The number of rotatable bonds is 5. The number of amidine groups is 1. The van der Waals surface area contributed by atoms with Gasteiger partial charge >= 0.3 is 0 Å². The molecular formula is C14H18FN5. The van der Waals surface area contributed by atoms with Gasteiger partial charge in [-0.05, 0) is 30.8 Å². The minimum absolute atomic E-state index is 0.127. The predicted octanol–water partition coefficient (Wildman–Crippen LogP) is 1.48. The standard InChI is InChI=1S/C14H18FN5/c1-19(9-13-18-3-4-20(13)2)8-10-5-11(14(16)17)7-12(15)6-10/h3-7H,8-9H2,1-2H3,(H3,16,17). The molecule has 5 nitrogen and oxygen atoms in total. The normalized spacial score (nSPS) is 11.0. The molecule has 0 fully saturated rings. The van der Waals surface area contributed by atoms with Crippen molar-refractivity contribution in [1.82, 2.24) is 14.5 Å². The van der Waals surface area contributed by atoms with Gasteiger partial charge in [-0.15, -0.1) is 0 Å². The van der Waals surface area contributed by atoms with Crippen molar-refractivity contribution in [1.29, 1.82) is 5.41 Å². The first-order valence-electron chi connectivity index (χ1n) is 6.24. The number of nitrogens with one attached hydrogen (secondary N) is 1. The summed E-state index contributed by atoms with van der Waals surface area (Å²) in [5.41, 5.74) is 6.59. The Bertz CT molecular complexity index is 620. The first-order chi connectivity index (χ1) is 9.45. The zero-order chi connectivity index (χ0) is 14.7. The molecule has 0 radical (unpaired) electrons. The molecule has 0 aliphatic rings. The number of hydrogen-bond acceptors (Lipinski definition) is 3. The minimum Gasteiger partial charge on any atom is -0.384 e. The van der Waals surface area contributed by atoms with Crippen LogP contribution in [-0.2, 0) is 20.1 Å². The topological polar surface area (TPSA) is 70.9 Å². The monoisotopic (exact) mass is 275 g/mol. The van der Waals surface area contributed by atoms with Crippen LogP contribution in [0.4, 0.5) is 4.39 Å². The second kappa shape index (κ2) is 5.83. The predicted molar refractivity (Wildman–Crippen MR) is 75.8 cm³/mol. The lowest BCUT2D eigenvalue weighted by atomic mass is 10.1. The molecule has 0 aliphatic heterocycles. The van der Waals surface area contributed by atoms with E-state index in [4.69, 9.17) is 11.1 Å². The van der Waals surface area contributed by atoms with Gasteiger partial charge in [0.2, 0.25) is 0 Å². The van der Waals surface area contributed by atoms with Gasteiger partial charge in [0, 0.05) is 31.5 Å². The van der Waals surface area contributed by atoms with Crippen molar-refractivity contribution in [3.63, 3.8) is 0 Å². The van der Waals surface area contributed by atoms with E-state index in [-0.39, 0.29) is 11.7 Å². The van der Waals surface area contributed by atoms with Crippen LogP contribution < -0.4 is 5.73 Å². The quantitative estimate of drug-likeness (QED) is 0.641. The summed E-state index contributed by atoms with van der Waals surface area (Å²) in [5, 5.41) is 7.38. The number of imidazole rings is 1. The van der Waals surface area contributed by atoms with E-state index >= 15 is 0 Å². The van der Waals surface area contributed by atoms with Gasteiger partial charge in [-0.25, -0.2) is 9.37 Å². The van der Waals surface area contributed by atoms with Crippen molar-refractivity contribution >= 4 is 5.84 Å². The van der Waals surface area contributed by atoms with Gasteiger partial charge in [-0.2, -0.15) is 0 Å². The maximum atomic E-state index is 13.5. The molecule has 0 atom stereocenters. The fourth-order valence-corrected chi connectivity index (χ4v) is 2.06. The van der Waals surface area contributed by atoms with Crippen molar-refractivity contribution in [2.75, 3.05) is 7.05 Å². The molecule has 1 aromatic carbocycles. The Morgan fingerprint density at radius 3 is 2.75 bits per heavy atom. The Hall–Kier alpha value is -2.21. The largest absolute Gasteiger partial charge is 0.384 e. The minimum atomic E-state index is -0.377. The number of nitrogen functional groups attached to an aromatic ring is 1. The molecule has 1 heterocycles. The Morgan fingerprint density at radius 1 is 1.40 bits per heavy atom. The van der Waals surface area contributed by atoms with Gasteiger partial charge in [0.1, 0.15) is 17.5 Å². The second-order valence-electron chi connectivity index (χ2n) is 4.89. The average molecular weight is 275 g/mol. The third kappa shape index (κ3) is 3.42. The van der Waals surface area contributed by atoms with Crippen LogP contribution in [-0.4, -0.2) is 27.3 Å². The highest BCUT2D eigenvalue weighted by Crippen LogP contribution is 2.12. The van der Waals surface area contributed by atoms with E-state index in [2.05, 4.69) is 4.98 Å². The summed E-state index contributed by atoms with van der Waals surface area (Å²) in [6, 6.07) is 4.46. The van der Waals surface area contributed by atoms with Crippen LogP contribution in [0.25, 0.3) is 0 Å². The average Bonchev–Trinajstić information content (AvgIpc) is 2.74. The summed E-state index contributed by atoms with van der Waals surface area (Å²) in [5.74, 6) is 0.436. The lowest BCUT2D eigenvalue weighted by molar-refractivity contribution is 0.306. The Morgan fingerprint density at radius 2 is 2.15 bits per heavy atom. The number of nitrogens with zero attached hydrogens (tertiary/aromatic N) is 3. The SMILES string of the molecule is CN(Cc1cc(F)cc(C(=N)N)c1)Cc1nccn1C. The Labute approximate surface area is 117 Å². The van der Waals surface area contributed by atoms with Crippen molar-refractivity contribution in [3.05, 3.63) is 53.4 Å². The van der Waals surface area contributed by atoms with Gasteiger partial charge in [-0.3, -0.25) is 10.3 Å². The lowest BCUT2D eigenvalue weighted by Gasteiger charge is -2.17. The highest BCUT2D eigenvalue weighted by molar-refractivity contribution is 5.95. The Kier molecular flexibility index (Phi) is 4.14. The highest BCUT2D eigenvalue weighted by atomic mass is 19.1. The number of aryl methyl sites for hydroxylation is 1. The molecule has 2 aromatic rings. The first-order valence-corrected chi connectivity index (χ1v) is 6.24. The molecule has 0 spiro atoms. The molecule has 0 saturated carbocycles. The van der Waals surface area contributed by atoms with E-state index in [1.807, 2.05) is 29.8 Å². The van der Waals surface area contributed by atoms with Gasteiger partial charge in [0.25, 0.3) is 0 Å². The van der Waals surface area contributed by atoms with Gasteiger partial charge in [0.05, 0.1) is 6.54 Å². The van der Waals surface area contributed by atoms with E-state index in [1.54, 1.807) is 12.3 Å². The summed E-state index contributed by atoms with van der Waals surface area (Å²) < 4.78 is 15.4. The van der Waals surface area contributed by atoms with E-state index in [9.17, 15) is 4.39 Å². The highest BCUT2D eigenvalue weighted by Gasteiger charge is 2.08. The Balaban J connectivity index is 2.09. The van der Waals surface area contributed by atoms with E-state index in [0.717, 1.165) is 11.4 Å². The van der Waals surface area contributed by atoms with Crippen molar-refractivity contribution in [3.8, 4) is 0 Å². The van der Waals surface area contributed by atoms with Crippen molar-refractivity contribution in [2.45, 2.75) is 13.1 Å². The van der Waals surface area contributed by atoms with Crippen LogP contribution in [0.3, 0.4) is 0 Å².